The minimum Gasteiger partial charge on any atom is -0.337 e. The van der Waals surface area contributed by atoms with Crippen LogP contribution in [0.4, 0.5) is 0 Å². The molecule has 3 aromatic heterocycles. The number of aromatic nitrogens is 5. The molecule has 8 heteroatoms. The van der Waals surface area contributed by atoms with Crippen molar-refractivity contribution in [1.82, 2.24) is 30.5 Å². The first-order valence-electron chi connectivity index (χ1n) is 12.3. The zero-order valence-corrected chi connectivity index (χ0v) is 22.0. The fraction of sp³-hybridized carbons (Fsp3) is 0.138. The number of para-hydroxylation sites is 1. The second-order valence-corrected chi connectivity index (χ2v) is 11.3. The highest BCUT2D eigenvalue weighted by Crippen LogP contribution is 2.34. The molecule has 2 aliphatic rings. The second-order valence-electron chi connectivity index (χ2n) is 9.37. The molecule has 7 nitrogen and oxygen atoms in total. The molecule has 0 unspecified atom stereocenters. The summed E-state index contributed by atoms with van der Waals surface area (Å²) < 4.78 is 4.47. The standard InChI is InChI=1S/C29H23IN6O/c37-29(18-3-1-4-18)32-21-13-20(15-30-16-21)19-7-8-24-23(14-19)27(36-35-24)28-33-25-6-2-5-22(26(25)34-28)17-9-11-31-12-10-17/h2,5-16,18H,1,3-4H2,(H,32,37)(H,33,34)(H,35,36). The van der Waals surface area contributed by atoms with Crippen LogP contribution in [0.3, 0.4) is 0 Å². The van der Waals surface area contributed by atoms with Gasteiger partial charge in [-0.15, -0.1) is 0 Å². The van der Waals surface area contributed by atoms with Gasteiger partial charge in [0.25, 0.3) is 0 Å². The van der Waals surface area contributed by atoms with E-state index in [9.17, 15) is 4.79 Å². The second kappa shape index (κ2) is 9.19. The average molecular weight is 598 g/mol. The Kier molecular flexibility index (Phi) is 5.53. The van der Waals surface area contributed by atoms with Crippen LogP contribution < -0.4 is 5.32 Å². The van der Waals surface area contributed by atoms with Crippen LogP contribution in [0.1, 0.15) is 24.8 Å². The Balaban J connectivity index is 1.25. The van der Waals surface area contributed by atoms with E-state index in [0.717, 1.165) is 80.7 Å². The molecule has 4 heterocycles. The number of hydrogen-bond acceptors (Lipinski definition) is 4. The molecule has 0 atom stereocenters. The van der Waals surface area contributed by atoms with Crippen LogP contribution in [0.25, 0.3) is 50.2 Å². The number of hydrogen-bond donors (Lipinski definition) is 3. The third-order valence-electron chi connectivity index (χ3n) is 7.04. The molecule has 0 radical (unpaired) electrons. The van der Waals surface area contributed by atoms with Gasteiger partial charge in [0.15, 0.2) is 5.82 Å². The summed E-state index contributed by atoms with van der Waals surface area (Å²) in [6.07, 6.45) is 8.84. The molecule has 5 aromatic rings. The summed E-state index contributed by atoms with van der Waals surface area (Å²) in [7, 11) is 0. The van der Waals surface area contributed by atoms with E-state index in [4.69, 9.17) is 4.98 Å². The molecule has 1 saturated carbocycles. The van der Waals surface area contributed by atoms with Crippen LogP contribution in [0.2, 0.25) is 0 Å². The Bertz CT molecular complexity index is 1760. The number of imidazole rings is 1. The zero-order valence-electron chi connectivity index (χ0n) is 19.8. The summed E-state index contributed by atoms with van der Waals surface area (Å²) >= 11 is -0.272. The van der Waals surface area contributed by atoms with Crippen molar-refractivity contribution >= 4 is 58.2 Å². The number of halogens is 1. The van der Waals surface area contributed by atoms with Crippen molar-refractivity contribution in [3.63, 3.8) is 0 Å². The summed E-state index contributed by atoms with van der Waals surface area (Å²) in [6, 6.07) is 16.5. The lowest BCUT2D eigenvalue weighted by Gasteiger charge is -2.24. The van der Waals surface area contributed by atoms with E-state index in [-0.39, 0.29) is 32.6 Å². The molecule has 182 valence electrons. The number of pyridine rings is 1. The fourth-order valence-corrected chi connectivity index (χ4v) is 6.63. The predicted octanol–water partition coefficient (Wildman–Crippen LogP) is 6.10. The fourth-order valence-electron chi connectivity index (χ4n) is 4.81. The number of carbonyl (C=O) groups is 1. The summed E-state index contributed by atoms with van der Waals surface area (Å²) in [5.74, 6) is 1.06. The third-order valence-corrected chi connectivity index (χ3v) is 9.10. The first-order chi connectivity index (χ1) is 18.2. The van der Waals surface area contributed by atoms with Crippen molar-refractivity contribution in [2.45, 2.75) is 19.3 Å². The van der Waals surface area contributed by atoms with Crippen LogP contribution in [-0.2, 0) is 4.79 Å². The van der Waals surface area contributed by atoms with E-state index in [1.165, 1.54) is 0 Å². The molecule has 37 heavy (non-hydrogen) atoms. The van der Waals surface area contributed by atoms with Gasteiger partial charge in [-0.25, -0.2) is 4.98 Å². The number of nitrogens with zero attached hydrogens (tertiary/aromatic N) is 3. The highest BCUT2D eigenvalue weighted by atomic mass is 127. The van der Waals surface area contributed by atoms with E-state index in [0.29, 0.717) is 0 Å². The number of H-pyrrole nitrogens is 2. The van der Waals surface area contributed by atoms with Gasteiger partial charge in [-0.2, -0.15) is 5.10 Å². The maximum absolute atomic E-state index is 12.5. The van der Waals surface area contributed by atoms with Crippen LogP contribution >= 0.6 is 20.7 Å². The smallest absolute Gasteiger partial charge is 0.227 e. The number of allylic oxidation sites excluding steroid dienone is 3. The Labute approximate surface area is 222 Å². The Hall–Kier alpha value is -3.92. The average Bonchev–Trinajstić information content (AvgIpc) is 3.52. The molecule has 0 saturated heterocycles. The molecule has 0 bridgehead atoms. The largest absolute Gasteiger partial charge is 0.337 e. The summed E-state index contributed by atoms with van der Waals surface area (Å²) in [5.41, 5.74) is 8.90. The number of benzene rings is 2. The SMILES string of the molecule is O=C(NC1=CC(c2ccc3[nH]nc(-c4nc5c(-c6ccncc6)cccc5[nH]4)c3c2)=CI=C1)C1CCC1. The number of fused-ring (bicyclic) bond motifs is 2. The molecule has 7 rings (SSSR count). The lowest BCUT2D eigenvalue weighted by Crippen LogP contribution is -2.34. The van der Waals surface area contributed by atoms with Gasteiger partial charge in [-0.1, -0.05) is 45.4 Å². The van der Waals surface area contributed by atoms with Gasteiger partial charge in [0.1, 0.15) is 5.69 Å². The maximum Gasteiger partial charge on any atom is 0.227 e. The number of nitrogens with one attached hydrogen (secondary N) is 3. The molecule has 1 fully saturated rings. The van der Waals surface area contributed by atoms with Gasteiger partial charge in [-0.3, -0.25) is 14.9 Å². The first kappa shape index (κ1) is 22.3. The molecule has 1 aliphatic heterocycles. The molecule has 3 N–H and O–H groups in total. The van der Waals surface area contributed by atoms with Crippen molar-refractivity contribution in [2.24, 2.45) is 5.92 Å². The molecule has 1 amide bonds. The lowest BCUT2D eigenvalue weighted by molar-refractivity contribution is -0.126. The van der Waals surface area contributed by atoms with Crippen LogP contribution in [0.5, 0.6) is 0 Å². The number of aromatic amines is 2. The topological polar surface area (TPSA) is 99.3 Å². The van der Waals surface area contributed by atoms with Crippen molar-refractivity contribution in [3.8, 4) is 22.6 Å². The Morgan fingerprint density at radius 2 is 1.92 bits per heavy atom. The Morgan fingerprint density at radius 1 is 1.03 bits per heavy atom. The van der Waals surface area contributed by atoms with Gasteiger partial charge in [0, 0.05) is 35.0 Å². The molecule has 0 spiro atoms. The van der Waals surface area contributed by atoms with E-state index >= 15 is 0 Å². The van der Waals surface area contributed by atoms with Crippen LogP contribution in [0.15, 0.2) is 76.8 Å². The highest BCUT2D eigenvalue weighted by Gasteiger charge is 2.25. The van der Waals surface area contributed by atoms with Crippen molar-refractivity contribution in [1.29, 1.82) is 0 Å². The van der Waals surface area contributed by atoms with E-state index in [2.05, 4.69) is 63.9 Å². The van der Waals surface area contributed by atoms with E-state index < -0.39 is 0 Å². The van der Waals surface area contributed by atoms with Crippen molar-refractivity contribution in [2.75, 3.05) is 0 Å². The number of carbonyl (C=O) groups excluding carboxylic acids is 1. The van der Waals surface area contributed by atoms with E-state index in [1.54, 1.807) is 12.4 Å². The van der Waals surface area contributed by atoms with E-state index in [1.807, 2.05) is 24.3 Å². The van der Waals surface area contributed by atoms with Crippen molar-refractivity contribution in [3.05, 3.63) is 82.3 Å². The molecule has 1 aliphatic carbocycles. The van der Waals surface area contributed by atoms with Gasteiger partial charge in [0.05, 0.1) is 16.6 Å². The molecular weight excluding hydrogens is 575 g/mol. The minimum absolute atomic E-state index is 0.155. The monoisotopic (exact) mass is 598 g/mol. The van der Waals surface area contributed by atoms with Crippen molar-refractivity contribution < 1.29 is 4.79 Å². The lowest BCUT2D eigenvalue weighted by atomic mass is 9.85. The Morgan fingerprint density at radius 3 is 2.76 bits per heavy atom. The summed E-state index contributed by atoms with van der Waals surface area (Å²) in [5, 5.41) is 11.9. The highest BCUT2D eigenvalue weighted by molar-refractivity contribution is 14.2. The minimum atomic E-state index is -0.272. The normalized spacial score (nSPS) is 15.7. The third kappa shape index (κ3) is 4.11. The summed E-state index contributed by atoms with van der Waals surface area (Å²) in [4.78, 5) is 25.0. The summed E-state index contributed by atoms with van der Waals surface area (Å²) in [6.45, 7) is 0. The number of rotatable bonds is 5. The van der Waals surface area contributed by atoms with Gasteiger partial charge in [0.2, 0.25) is 5.91 Å². The zero-order chi connectivity index (χ0) is 24.8. The quantitative estimate of drug-likeness (QED) is 0.213. The molecular formula is C29H23IN6O. The number of amides is 1. The van der Waals surface area contributed by atoms with Gasteiger partial charge >= 0.3 is 0 Å². The maximum atomic E-state index is 12.5. The first-order valence-corrected chi connectivity index (χ1v) is 14.8. The van der Waals surface area contributed by atoms with Crippen LogP contribution in [0, 0.1) is 5.92 Å². The van der Waals surface area contributed by atoms with Gasteiger partial charge < -0.3 is 10.3 Å². The predicted molar refractivity (Wildman–Crippen MR) is 156 cm³/mol. The molecule has 2 aromatic carbocycles. The van der Waals surface area contributed by atoms with Gasteiger partial charge in [-0.05, 0) is 74.0 Å². The van der Waals surface area contributed by atoms with Crippen LogP contribution in [-0.4, -0.2) is 35.1 Å².